The van der Waals surface area contributed by atoms with Gasteiger partial charge in [0.05, 0.1) is 0 Å². The van der Waals surface area contributed by atoms with E-state index in [-0.39, 0.29) is 6.42 Å². The van der Waals surface area contributed by atoms with Crippen LogP contribution in [0.25, 0.3) is 0 Å². The standard InChI is InChI=1S/C6H6F4O2/c1-2-3(7)4(8)5(9)6(11)12-10/h3H,2H2,1H3/b5-4+. The van der Waals surface area contributed by atoms with Gasteiger partial charge in [-0.3, -0.25) is 0 Å². The zero-order chi connectivity index (χ0) is 9.72. The molecule has 0 aliphatic rings. The zero-order valence-electron chi connectivity index (χ0n) is 6.11. The summed E-state index contributed by atoms with van der Waals surface area (Å²) in [5, 5.41) is 0. The van der Waals surface area contributed by atoms with Gasteiger partial charge in [-0.15, -0.1) is 0 Å². The molecule has 0 aliphatic carbocycles. The minimum Gasteiger partial charge on any atom is -0.247 e. The maximum atomic E-state index is 12.3. The lowest BCUT2D eigenvalue weighted by atomic mass is 10.2. The lowest BCUT2D eigenvalue weighted by Crippen LogP contribution is -2.07. The maximum Gasteiger partial charge on any atom is 0.410 e. The second-order valence-corrected chi connectivity index (χ2v) is 1.90. The number of rotatable bonds is 3. The summed E-state index contributed by atoms with van der Waals surface area (Å²) in [6, 6.07) is 0. The third kappa shape index (κ3) is 2.52. The average Bonchev–Trinajstić information content (AvgIpc) is 2.12. The monoisotopic (exact) mass is 186 g/mol. The van der Waals surface area contributed by atoms with Crippen LogP contribution in [0.4, 0.5) is 17.7 Å². The van der Waals surface area contributed by atoms with Crippen LogP contribution in [0.5, 0.6) is 0 Å². The average molecular weight is 186 g/mol. The maximum absolute atomic E-state index is 12.3. The molecule has 0 spiro atoms. The Morgan fingerprint density at radius 2 is 2.00 bits per heavy atom. The molecule has 0 aliphatic heterocycles. The van der Waals surface area contributed by atoms with Gasteiger partial charge in [0.1, 0.15) is 0 Å². The molecule has 0 heterocycles. The smallest absolute Gasteiger partial charge is 0.247 e. The van der Waals surface area contributed by atoms with Crippen LogP contribution in [-0.4, -0.2) is 12.1 Å². The van der Waals surface area contributed by atoms with Crippen LogP contribution in [0.1, 0.15) is 13.3 Å². The van der Waals surface area contributed by atoms with Crippen LogP contribution in [0.3, 0.4) is 0 Å². The third-order valence-corrected chi connectivity index (χ3v) is 1.09. The fourth-order valence-electron chi connectivity index (χ4n) is 0.448. The molecule has 0 aromatic heterocycles. The van der Waals surface area contributed by atoms with Crippen molar-refractivity contribution < 1.29 is 27.4 Å². The number of allylic oxidation sites excluding steroid dienone is 1. The van der Waals surface area contributed by atoms with E-state index in [0.29, 0.717) is 0 Å². The van der Waals surface area contributed by atoms with Crippen molar-refractivity contribution in [2.45, 2.75) is 19.5 Å². The van der Waals surface area contributed by atoms with Gasteiger partial charge in [-0.25, -0.2) is 18.5 Å². The molecule has 6 heteroatoms. The van der Waals surface area contributed by atoms with E-state index in [2.05, 4.69) is 4.94 Å². The fraction of sp³-hybridized carbons (Fsp3) is 0.500. The molecule has 0 aromatic carbocycles. The van der Waals surface area contributed by atoms with Crippen molar-refractivity contribution in [1.82, 2.24) is 0 Å². The highest BCUT2D eigenvalue weighted by Gasteiger charge is 2.23. The molecule has 0 saturated carbocycles. The van der Waals surface area contributed by atoms with E-state index in [0.717, 1.165) is 0 Å². The van der Waals surface area contributed by atoms with Crippen molar-refractivity contribution in [3.63, 3.8) is 0 Å². The molecule has 0 N–H and O–H groups in total. The molecule has 0 aromatic rings. The topological polar surface area (TPSA) is 26.3 Å². The Morgan fingerprint density at radius 1 is 1.50 bits per heavy atom. The second kappa shape index (κ2) is 4.74. The quantitative estimate of drug-likeness (QED) is 0.499. The van der Waals surface area contributed by atoms with E-state index < -0.39 is 23.8 Å². The molecular weight excluding hydrogens is 180 g/mol. The minimum absolute atomic E-state index is 0.348. The van der Waals surface area contributed by atoms with Gasteiger partial charge in [-0.1, -0.05) is 6.92 Å². The Balaban J connectivity index is 4.56. The molecule has 0 rings (SSSR count). The van der Waals surface area contributed by atoms with Gasteiger partial charge < -0.3 is 0 Å². The Labute approximate surface area is 65.7 Å². The van der Waals surface area contributed by atoms with Gasteiger partial charge in [-0.05, 0) is 6.42 Å². The summed E-state index contributed by atoms with van der Waals surface area (Å²) in [4.78, 5) is 12.3. The Kier molecular flexibility index (Phi) is 4.31. The summed E-state index contributed by atoms with van der Waals surface area (Å²) in [5.74, 6) is -6.28. The normalized spacial score (nSPS) is 15.1. The van der Waals surface area contributed by atoms with Crippen molar-refractivity contribution >= 4 is 5.97 Å². The first-order valence-corrected chi connectivity index (χ1v) is 3.06. The zero-order valence-corrected chi connectivity index (χ0v) is 6.11. The molecule has 1 atom stereocenters. The minimum atomic E-state index is -2.25. The van der Waals surface area contributed by atoms with Gasteiger partial charge in [0.2, 0.25) is 5.83 Å². The molecular formula is C6H6F4O2. The first-order valence-electron chi connectivity index (χ1n) is 3.06. The van der Waals surface area contributed by atoms with Crippen LogP contribution >= 0.6 is 0 Å². The Morgan fingerprint density at radius 3 is 2.33 bits per heavy atom. The summed E-state index contributed by atoms with van der Waals surface area (Å²) in [7, 11) is 0. The first kappa shape index (κ1) is 10.9. The number of carbonyl (C=O) groups excluding carboxylic acids is 1. The third-order valence-electron chi connectivity index (χ3n) is 1.09. The van der Waals surface area contributed by atoms with E-state index in [9.17, 15) is 22.5 Å². The lowest BCUT2D eigenvalue weighted by molar-refractivity contribution is -0.180. The van der Waals surface area contributed by atoms with Crippen LogP contribution in [0.15, 0.2) is 11.7 Å². The van der Waals surface area contributed by atoms with Gasteiger partial charge in [-0.2, -0.15) is 4.39 Å². The molecule has 0 fully saturated rings. The van der Waals surface area contributed by atoms with E-state index in [1.165, 1.54) is 6.92 Å². The van der Waals surface area contributed by atoms with Crippen molar-refractivity contribution in [2.24, 2.45) is 0 Å². The van der Waals surface area contributed by atoms with Crippen molar-refractivity contribution in [1.29, 1.82) is 0 Å². The Bertz CT molecular complexity index is 202. The van der Waals surface area contributed by atoms with Gasteiger partial charge in [0.25, 0.3) is 0 Å². The largest absolute Gasteiger partial charge is 0.410 e. The number of carbonyl (C=O) groups is 1. The van der Waals surface area contributed by atoms with Gasteiger partial charge >= 0.3 is 5.97 Å². The lowest BCUT2D eigenvalue weighted by Gasteiger charge is -2.00. The van der Waals surface area contributed by atoms with Crippen molar-refractivity contribution in [3.8, 4) is 0 Å². The predicted molar refractivity (Wildman–Crippen MR) is 31.6 cm³/mol. The summed E-state index contributed by atoms with van der Waals surface area (Å²) in [6.07, 6.45) is -2.59. The number of halogens is 4. The molecule has 1 unspecified atom stereocenters. The molecule has 2 nitrogen and oxygen atoms in total. The second-order valence-electron chi connectivity index (χ2n) is 1.90. The molecule has 0 bridgehead atoms. The highest BCUT2D eigenvalue weighted by atomic mass is 19.3. The summed E-state index contributed by atoms with van der Waals surface area (Å²) in [6.45, 7) is 1.23. The number of alkyl halides is 1. The number of hydrogen-bond donors (Lipinski definition) is 0. The highest BCUT2D eigenvalue weighted by Crippen LogP contribution is 2.18. The van der Waals surface area contributed by atoms with Crippen LogP contribution in [-0.2, 0) is 9.74 Å². The van der Waals surface area contributed by atoms with Crippen LogP contribution in [0, 0.1) is 0 Å². The summed E-state index contributed by atoms with van der Waals surface area (Å²) < 4.78 is 47.7. The van der Waals surface area contributed by atoms with E-state index in [4.69, 9.17) is 0 Å². The van der Waals surface area contributed by atoms with E-state index in [1.54, 1.807) is 0 Å². The molecule has 0 radical (unpaired) electrons. The number of hydrogen-bond acceptors (Lipinski definition) is 2. The highest BCUT2D eigenvalue weighted by molar-refractivity contribution is 5.86. The Hall–Kier alpha value is -1.07. The van der Waals surface area contributed by atoms with E-state index >= 15 is 0 Å². The van der Waals surface area contributed by atoms with Crippen LogP contribution in [0.2, 0.25) is 0 Å². The van der Waals surface area contributed by atoms with E-state index in [1.807, 2.05) is 0 Å². The van der Waals surface area contributed by atoms with Crippen molar-refractivity contribution in [3.05, 3.63) is 11.7 Å². The molecule has 70 valence electrons. The van der Waals surface area contributed by atoms with Crippen molar-refractivity contribution in [2.75, 3.05) is 0 Å². The first-order chi connectivity index (χ1) is 5.54. The van der Waals surface area contributed by atoms with Gasteiger partial charge in [0, 0.05) is 4.53 Å². The van der Waals surface area contributed by atoms with Crippen LogP contribution < -0.4 is 0 Å². The molecule has 0 amide bonds. The molecule has 12 heavy (non-hydrogen) atoms. The fourth-order valence-corrected chi connectivity index (χ4v) is 0.448. The van der Waals surface area contributed by atoms with Gasteiger partial charge in [0.15, 0.2) is 12.0 Å². The summed E-state index contributed by atoms with van der Waals surface area (Å²) >= 11 is 0. The predicted octanol–water partition coefficient (Wildman–Crippen LogP) is 2.31. The summed E-state index contributed by atoms with van der Waals surface area (Å²) in [5.41, 5.74) is 0. The SMILES string of the molecule is CCC(F)/C(F)=C(\F)C(=O)OF. The molecule has 0 saturated heterocycles.